The molecule has 0 aliphatic rings. The Bertz CT molecular complexity index is 1160. The Morgan fingerprint density at radius 1 is 1.03 bits per heavy atom. The van der Waals surface area contributed by atoms with E-state index in [2.05, 4.69) is 20.0 Å². The van der Waals surface area contributed by atoms with E-state index < -0.39 is 10.0 Å². The molecule has 2 aromatic heterocycles. The van der Waals surface area contributed by atoms with Gasteiger partial charge in [0.2, 0.25) is 11.9 Å². The lowest BCUT2D eigenvalue weighted by atomic mass is 10.2. The number of carbonyl (C=O) groups is 1. The molecule has 0 spiro atoms. The van der Waals surface area contributed by atoms with Gasteiger partial charge in [-0.15, -0.1) is 0 Å². The van der Waals surface area contributed by atoms with Gasteiger partial charge < -0.3 is 9.88 Å². The highest BCUT2D eigenvalue weighted by Gasteiger charge is 2.15. The molecule has 9 nitrogen and oxygen atoms in total. The number of sulfonamides is 1. The second-order valence-electron chi connectivity index (χ2n) is 6.31. The molecule has 0 bridgehead atoms. The van der Waals surface area contributed by atoms with Gasteiger partial charge in [0.25, 0.3) is 10.0 Å². The standard InChI is InChI=1S/C19H19N5O4S/c1-13-10-16(25)11-14(2)24(13)12-18(26)22-15-4-6-17(7-5-15)29(27,28)23-19-20-8-3-9-21-19/h3-11H,12H2,1-2H3,(H,22,26)(H,20,21,23). The van der Waals surface area contributed by atoms with Crippen LogP contribution in [0.25, 0.3) is 0 Å². The van der Waals surface area contributed by atoms with Gasteiger partial charge in [-0.3, -0.25) is 9.59 Å². The molecule has 150 valence electrons. The summed E-state index contributed by atoms with van der Waals surface area (Å²) in [5.41, 5.74) is 1.70. The minimum Gasteiger partial charge on any atom is -0.340 e. The van der Waals surface area contributed by atoms with Gasteiger partial charge >= 0.3 is 0 Å². The van der Waals surface area contributed by atoms with Crippen molar-refractivity contribution in [2.24, 2.45) is 0 Å². The number of hydrogen-bond acceptors (Lipinski definition) is 6. The summed E-state index contributed by atoms with van der Waals surface area (Å²) < 4.78 is 28.7. The molecule has 0 saturated heterocycles. The molecule has 3 rings (SSSR count). The van der Waals surface area contributed by atoms with Crippen molar-refractivity contribution in [3.05, 3.63) is 76.5 Å². The van der Waals surface area contributed by atoms with Gasteiger partial charge in [-0.1, -0.05) is 0 Å². The second kappa shape index (κ2) is 8.23. The van der Waals surface area contributed by atoms with Crippen LogP contribution in [0.3, 0.4) is 0 Å². The van der Waals surface area contributed by atoms with E-state index in [0.29, 0.717) is 17.1 Å². The fourth-order valence-corrected chi connectivity index (χ4v) is 3.69. The van der Waals surface area contributed by atoms with Crippen molar-refractivity contribution in [1.29, 1.82) is 0 Å². The van der Waals surface area contributed by atoms with Crippen molar-refractivity contribution in [3.8, 4) is 0 Å². The molecule has 2 N–H and O–H groups in total. The van der Waals surface area contributed by atoms with Crippen LogP contribution < -0.4 is 15.5 Å². The molecule has 0 saturated carbocycles. The van der Waals surface area contributed by atoms with Crippen molar-refractivity contribution >= 4 is 27.6 Å². The third-order valence-corrected chi connectivity index (χ3v) is 5.44. The van der Waals surface area contributed by atoms with E-state index in [-0.39, 0.29) is 28.7 Å². The minimum absolute atomic E-state index is 0.00931. The van der Waals surface area contributed by atoms with Gasteiger partial charge in [-0.2, -0.15) is 0 Å². The Balaban J connectivity index is 1.69. The Morgan fingerprint density at radius 2 is 1.62 bits per heavy atom. The zero-order chi connectivity index (χ0) is 21.0. The number of nitrogens with zero attached hydrogens (tertiary/aromatic N) is 3. The fourth-order valence-electron chi connectivity index (χ4n) is 2.73. The maximum atomic E-state index is 12.4. The summed E-state index contributed by atoms with van der Waals surface area (Å²) in [6.45, 7) is 3.54. The summed E-state index contributed by atoms with van der Waals surface area (Å²) >= 11 is 0. The zero-order valence-electron chi connectivity index (χ0n) is 15.8. The summed E-state index contributed by atoms with van der Waals surface area (Å²) in [6.07, 6.45) is 2.85. The van der Waals surface area contributed by atoms with Crippen LogP contribution in [-0.4, -0.2) is 28.9 Å². The maximum Gasteiger partial charge on any atom is 0.264 e. The minimum atomic E-state index is -3.84. The molecule has 0 fully saturated rings. The number of aromatic nitrogens is 3. The highest BCUT2D eigenvalue weighted by molar-refractivity contribution is 7.92. The number of pyridine rings is 1. The number of rotatable bonds is 6. The zero-order valence-corrected chi connectivity index (χ0v) is 16.6. The van der Waals surface area contributed by atoms with E-state index in [0.717, 1.165) is 0 Å². The molecular weight excluding hydrogens is 394 g/mol. The van der Waals surface area contributed by atoms with Gasteiger partial charge in [0.15, 0.2) is 5.43 Å². The third-order valence-electron chi connectivity index (χ3n) is 4.10. The summed E-state index contributed by atoms with van der Waals surface area (Å²) in [6, 6.07) is 10.2. The number of hydrogen-bond donors (Lipinski definition) is 2. The predicted molar refractivity (Wildman–Crippen MR) is 108 cm³/mol. The summed E-state index contributed by atoms with van der Waals surface area (Å²) in [4.78, 5) is 31.5. The first-order valence-electron chi connectivity index (χ1n) is 8.62. The molecule has 0 unspecified atom stereocenters. The normalized spacial score (nSPS) is 11.1. The van der Waals surface area contributed by atoms with Gasteiger partial charge in [0.1, 0.15) is 6.54 Å². The van der Waals surface area contributed by atoms with Gasteiger partial charge in [-0.25, -0.2) is 23.1 Å². The van der Waals surface area contributed by atoms with Crippen LogP contribution in [0, 0.1) is 13.8 Å². The van der Waals surface area contributed by atoms with E-state index in [9.17, 15) is 18.0 Å². The molecule has 0 aliphatic heterocycles. The number of anilines is 2. The molecule has 10 heteroatoms. The van der Waals surface area contributed by atoms with E-state index >= 15 is 0 Å². The lowest BCUT2D eigenvalue weighted by Crippen LogP contribution is -2.23. The van der Waals surface area contributed by atoms with Crippen molar-refractivity contribution in [3.63, 3.8) is 0 Å². The van der Waals surface area contributed by atoms with E-state index in [1.165, 1.54) is 48.8 Å². The highest BCUT2D eigenvalue weighted by atomic mass is 32.2. The maximum absolute atomic E-state index is 12.4. The third kappa shape index (κ3) is 5.05. The topological polar surface area (TPSA) is 123 Å². The van der Waals surface area contributed by atoms with Crippen molar-refractivity contribution < 1.29 is 13.2 Å². The number of aryl methyl sites for hydroxylation is 2. The summed E-state index contributed by atoms with van der Waals surface area (Å²) in [7, 11) is -3.84. The lowest BCUT2D eigenvalue weighted by molar-refractivity contribution is -0.116. The SMILES string of the molecule is Cc1cc(=O)cc(C)n1CC(=O)Nc1ccc(S(=O)(=O)Nc2ncccn2)cc1. The van der Waals surface area contributed by atoms with Crippen LogP contribution in [0.15, 0.2) is 64.5 Å². The Hall–Kier alpha value is -3.53. The van der Waals surface area contributed by atoms with Crippen molar-refractivity contribution in [1.82, 2.24) is 14.5 Å². The number of benzene rings is 1. The van der Waals surface area contributed by atoms with Gasteiger partial charge in [-0.05, 0) is 44.2 Å². The number of amides is 1. The van der Waals surface area contributed by atoms with Gasteiger partial charge in [0, 0.05) is 41.6 Å². The highest BCUT2D eigenvalue weighted by Crippen LogP contribution is 2.16. The van der Waals surface area contributed by atoms with Crippen LogP contribution in [0.5, 0.6) is 0 Å². The fraction of sp³-hybridized carbons (Fsp3) is 0.158. The number of nitrogens with one attached hydrogen (secondary N) is 2. The average Bonchev–Trinajstić information content (AvgIpc) is 2.65. The summed E-state index contributed by atoms with van der Waals surface area (Å²) in [5, 5.41) is 2.71. The van der Waals surface area contributed by atoms with Crippen LogP contribution in [0.2, 0.25) is 0 Å². The smallest absolute Gasteiger partial charge is 0.264 e. The summed E-state index contributed by atoms with van der Waals surface area (Å²) in [5.74, 6) is -0.331. The first kappa shape index (κ1) is 20.2. The molecular formula is C19H19N5O4S. The quantitative estimate of drug-likeness (QED) is 0.634. The molecule has 0 aliphatic carbocycles. The first-order chi connectivity index (χ1) is 13.7. The molecule has 0 atom stereocenters. The van der Waals surface area contributed by atoms with Crippen LogP contribution in [-0.2, 0) is 21.4 Å². The molecule has 29 heavy (non-hydrogen) atoms. The average molecular weight is 413 g/mol. The van der Waals surface area contributed by atoms with Crippen molar-refractivity contribution in [2.75, 3.05) is 10.0 Å². The first-order valence-corrected chi connectivity index (χ1v) is 10.1. The monoisotopic (exact) mass is 413 g/mol. The van der Waals surface area contributed by atoms with E-state index in [1.54, 1.807) is 24.5 Å². The molecule has 1 amide bonds. The van der Waals surface area contributed by atoms with Crippen LogP contribution in [0.1, 0.15) is 11.4 Å². The Kier molecular flexibility index (Phi) is 5.74. The molecule has 1 aromatic carbocycles. The van der Waals surface area contributed by atoms with E-state index in [1.807, 2.05) is 0 Å². The van der Waals surface area contributed by atoms with Crippen LogP contribution >= 0.6 is 0 Å². The number of carbonyl (C=O) groups excluding carboxylic acids is 1. The van der Waals surface area contributed by atoms with Crippen LogP contribution in [0.4, 0.5) is 11.6 Å². The van der Waals surface area contributed by atoms with Gasteiger partial charge in [0.05, 0.1) is 4.90 Å². The Morgan fingerprint density at radius 3 is 2.21 bits per heavy atom. The molecule has 0 radical (unpaired) electrons. The Labute approximate surface area is 167 Å². The molecule has 3 aromatic rings. The van der Waals surface area contributed by atoms with E-state index in [4.69, 9.17) is 0 Å². The predicted octanol–water partition coefficient (Wildman–Crippen LogP) is 1.69. The second-order valence-corrected chi connectivity index (χ2v) is 7.99. The largest absolute Gasteiger partial charge is 0.340 e. The molecule has 2 heterocycles. The lowest BCUT2D eigenvalue weighted by Gasteiger charge is -2.14. The van der Waals surface area contributed by atoms with Crippen molar-refractivity contribution in [2.45, 2.75) is 25.3 Å².